The first kappa shape index (κ1) is 16.5. The highest BCUT2D eigenvalue weighted by molar-refractivity contribution is 7.16. The van der Waals surface area contributed by atoms with Crippen LogP contribution in [0.2, 0.25) is 0 Å². The van der Waals surface area contributed by atoms with E-state index in [1.807, 2.05) is 32.3 Å². The van der Waals surface area contributed by atoms with Gasteiger partial charge in [-0.15, -0.1) is 11.3 Å². The molecular weight excluding hydrogens is 294 g/mol. The van der Waals surface area contributed by atoms with E-state index in [9.17, 15) is 4.79 Å². The third-order valence-corrected chi connectivity index (χ3v) is 4.53. The molecule has 0 fully saturated rings. The first-order chi connectivity index (χ1) is 10.2. The Morgan fingerprint density at radius 2 is 1.95 bits per heavy atom. The van der Waals surface area contributed by atoms with Crippen LogP contribution in [0.3, 0.4) is 0 Å². The van der Waals surface area contributed by atoms with E-state index >= 15 is 0 Å². The number of allylic oxidation sites excluding steroid dienone is 2. The molecule has 0 N–H and O–H groups in total. The van der Waals surface area contributed by atoms with Crippen molar-refractivity contribution >= 4 is 34.0 Å². The summed E-state index contributed by atoms with van der Waals surface area (Å²) < 4.78 is 0. The topological polar surface area (TPSA) is 35.9 Å². The molecule has 4 nitrogen and oxygen atoms in total. The number of rotatable bonds is 3. The van der Waals surface area contributed by atoms with Crippen molar-refractivity contribution in [2.45, 2.75) is 20.8 Å². The van der Waals surface area contributed by atoms with Crippen molar-refractivity contribution in [3.63, 3.8) is 0 Å². The Labute approximate surface area is 136 Å². The third kappa shape index (κ3) is 3.47. The molecule has 118 valence electrons. The number of anilines is 1. The molecule has 1 aromatic rings. The molecule has 2 heterocycles. The van der Waals surface area contributed by atoms with Gasteiger partial charge in [0.05, 0.1) is 16.3 Å². The molecule has 0 aliphatic carbocycles. The Morgan fingerprint density at radius 1 is 1.27 bits per heavy atom. The average molecular weight is 317 g/mol. The number of hydrazone groups is 1. The molecule has 1 aliphatic heterocycles. The van der Waals surface area contributed by atoms with Gasteiger partial charge in [-0.2, -0.15) is 5.10 Å². The molecule has 0 saturated carbocycles. The second-order valence-corrected chi connectivity index (χ2v) is 7.63. The second-order valence-electron chi connectivity index (χ2n) is 6.54. The highest BCUT2D eigenvalue weighted by Crippen LogP contribution is 2.28. The Kier molecular flexibility index (Phi) is 4.56. The number of thiophene rings is 1. The van der Waals surface area contributed by atoms with E-state index < -0.39 is 0 Å². The Hall–Kier alpha value is -1.88. The van der Waals surface area contributed by atoms with Gasteiger partial charge in [0.2, 0.25) is 0 Å². The number of carbonyl (C=O) groups excluding carboxylic acids is 1. The van der Waals surface area contributed by atoms with Crippen molar-refractivity contribution in [1.29, 1.82) is 0 Å². The number of hydrogen-bond acceptors (Lipinski definition) is 4. The van der Waals surface area contributed by atoms with Gasteiger partial charge in [0.1, 0.15) is 0 Å². The van der Waals surface area contributed by atoms with Gasteiger partial charge in [-0.3, -0.25) is 4.79 Å². The number of hydrogen-bond donors (Lipinski definition) is 0. The predicted octanol–water partition coefficient (Wildman–Crippen LogP) is 3.63. The highest BCUT2D eigenvalue weighted by Gasteiger charge is 2.34. The minimum atomic E-state index is -0.152. The van der Waals surface area contributed by atoms with Crippen LogP contribution in [0.4, 0.5) is 5.00 Å². The van der Waals surface area contributed by atoms with E-state index in [1.54, 1.807) is 18.4 Å². The van der Waals surface area contributed by atoms with Gasteiger partial charge in [-0.05, 0) is 24.3 Å². The number of nitrogens with zero attached hydrogens (tertiary/aromatic N) is 3. The lowest BCUT2D eigenvalue weighted by Gasteiger charge is -2.17. The van der Waals surface area contributed by atoms with Crippen LogP contribution in [-0.2, 0) is 4.79 Å². The van der Waals surface area contributed by atoms with Gasteiger partial charge >= 0.3 is 0 Å². The Morgan fingerprint density at radius 3 is 2.50 bits per heavy atom. The van der Waals surface area contributed by atoms with Crippen molar-refractivity contribution in [2.24, 2.45) is 10.5 Å². The van der Waals surface area contributed by atoms with E-state index in [2.05, 4.69) is 42.9 Å². The van der Waals surface area contributed by atoms with Crippen LogP contribution in [-0.4, -0.2) is 37.8 Å². The van der Waals surface area contributed by atoms with Crippen LogP contribution in [0, 0.1) is 5.41 Å². The van der Waals surface area contributed by atoms with Crippen LogP contribution in [0.15, 0.2) is 35.0 Å². The maximum absolute atomic E-state index is 12.2. The zero-order valence-electron chi connectivity index (χ0n) is 14.0. The fourth-order valence-corrected chi connectivity index (χ4v) is 2.98. The van der Waals surface area contributed by atoms with Crippen molar-refractivity contribution in [3.8, 4) is 0 Å². The molecule has 2 rings (SSSR count). The van der Waals surface area contributed by atoms with Crippen LogP contribution < -0.4 is 4.90 Å². The van der Waals surface area contributed by atoms with E-state index in [0.717, 1.165) is 10.6 Å². The molecule has 0 saturated heterocycles. The molecule has 22 heavy (non-hydrogen) atoms. The monoisotopic (exact) mass is 317 g/mol. The van der Waals surface area contributed by atoms with Gasteiger partial charge < -0.3 is 4.90 Å². The van der Waals surface area contributed by atoms with Gasteiger partial charge in [0.15, 0.2) is 0 Å². The highest BCUT2D eigenvalue weighted by atomic mass is 32.1. The molecule has 5 heteroatoms. The molecular formula is C17H23N3OS. The third-order valence-electron chi connectivity index (χ3n) is 3.32. The molecule has 1 amide bonds. The lowest BCUT2D eigenvalue weighted by atomic mass is 9.85. The van der Waals surface area contributed by atoms with Gasteiger partial charge in [-0.25, -0.2) is 5.01 Å². The molecule has 0 radical (unpaired) electrons. The zero-order valence-corrected chi connectivity index (χ0v) is 14.9. The maximum atomic E-state index is 12.2. The molecule has 0 unspecified atom stereocenters. The minimum Gasteiger partial charge on any atom is -0.370 e. The summed E-state index contributed by atoms with van der Waals surface area (Å²) in [6, 6.07) is 4.17. The van der Waals surface area contributed by atoms with Gasteiger partial charge in [0.25, 0.3) is 5.91 Å². The molecule has 1 aliphatic rings. The van der Waals surface area contributed by atoms with Crippen LogP contribution in [0.5, 0.6) is 0 Å². The fourth-order valence-electron chi connectivity index (χ4n) is 2.14. The van der Waals surface area contributed by atoms with Crippen LogP contribution >= 0.6 is 11.3 Å². The fraction of sp³-hybridized carbons (Fsp3) is 0.412. The van der Waals surface area contributed by atoms with Crippen LogP contribution in [0.1, 0.15) is 25.6 Å². The van der Waals surface area contributed by atoms with E-state index in [4.69, 9.17) is 0 Å². The normalized spacial score (nSPS) is 17.7. The summed E-state index contributed by atoms with van der Waals surface area (Å²) in [6.45, 7) is 6.20. The number of amides is 1. The molecule has 0 spiro atoms. The zero-order chi connectivity index (χ0) is 16.5. The summed E-state index contributed by atoms with van der Waals surface area (Å²) in [7, 11) is 5.75. The minimum absolute atomic E-state index is 0.0465. The molecule has 0 aromatic carbocycles. The Bertz CT molecular complexity index is 660. The average Bonchev–Trinajstić information content (AvgIpc) is 2.98. The first-order valence-electron chi connectivity index (χ1n) is 7.23. The van der Waals surface area contributed by atoms with Crippen molar-refractivity contribution < 1.29 is 4.79 Å². The van der Waals surface area contributed by atoms with E-state index in [-0.39, 0.29) is 11.3 Å². The summed E-state index contributed by atoms with van der Waals surface area (Å²) in [5.41, 5.74) is 1.36. The van der Waals surface area contributed by atoms with E-state index in [0.29, 0.717) is 5.57 Å². The second kappa shape index (κ2) is 6.08. The summed E-state index contributed by atoms with van der Waals surface area (Å²) in [6.07, 6.45) is 5.82. The first-order valence-corrected chi connectivity index (χ1v) is 8.05. The summed E-state index contributed by atoms with van der Waals surface area (Å²) in [4.78, 5) is 15.4. The maximum Gasteiger partial charge on any atom is 0.275 e. The quantitative estimate of drug-likeness (QED) is 0.798. The largest absolute Gasteiger partial charge is 0.370 e. The SMILES string of the molecule is CN1N=C(C(C)(C)C)/C(=C/C=C/c2ccc(N(C)C)s2)C1=O. The smallest absolute Gasteiger partial charge is 0.275 e. The Balaban J connectivity index is 2.22. The standard InChI is InChI=1S/C17H23N3OS/c1-17(2,3)15-13(16(21)20(6)18-15)9-7-8-12-10-11-14(22-12)19(4)5/h7-11H,1-6H3/b8-7+,13-9-. The lowest BCUT2D eigenvalue weighted by Crippen LogP contribution is -2.22. The molecule has 0 atom stereocenters. The number of likely N-dealkylation sites (N-methyl/N-ethyl adjacent to an activating group) is 1. The van der Waals surface area contributed by atoms with Crippen molar-refractivity contribution in [3.05, 3.63) is 34.7 Å². The van der Waals surface area contributed by atoms with E-state index in [1.165, 1.54) is 10.0 Å². The van der Waals surface area contributed by atoms with Crippen LogP contribution in [0.25, 0.3) is 6.08 Å². The summed E-state index contributed by atoms with van der Waals surface area (Å²) >= 11 is 1.72. The molecule has 1 aromatic heterocycles. The van der Waals surface area contributed by atoms with Gasteiger partial charge in [-0.1, -0.05) is 26.8 Å². The lowest BCUT2D eigenvalue weighted by molar-refractivity contribution is -0.124. The summed E-state index contributed by atoms with van der Waals surface area (Å²) in [5, 5.41) is 6.99. The van der Waals surface area contributed by atoms with Crippen molar-refractivity contribution in [1.82, 2.24) is 5.01 Å². The predicted molar refractivity (Wildman–Crippen MR) is 95.4 cm³/mol. The molecule has 0 bridgehead atoms. The number of carbonyl (C=O) groups is 1. The van der Waals surface area contributed by atoms with Gasteiger partial charge in [0, 0.05) is 31.4 Å². The summed E-state index contributed by atoms with van der Waals surface area (Å²) in [5.74, 6) is -0.0465. The van der Waals surface area contributed by atoms with Crippen molar-refractivity contribution in [2.75, 3.05) is 26.0 Å².